The monoisotopic (exact) mass is 369 g/mol. The minimum atomic E-state index is -1.05. The van der Waals surface area contributed by atoms with Gasteiger partial charge in [0.2, 0.25) is 0 Å². The molecule has 0 bridgehead atoms. The van der Waals surface area contributed by atoms with Crippen molar-refractivity contribution < 1.29 is 19.4 Å². The van der Waals surface area contributed by atoms with E-state index in [0.29, 0.717) is 35.7 Å². The van der Waals surface area contributed by atoms with Gasteiger partial charge in [-0.05, 0) is 30.5 Å². The number of aromatic carboxylic acids is 1. The van der Waals surface area contributed by atoms with E-state index in [2.05, 4.69) is 29.8 Å². The molecule has 0 spiro atoms. The van der Waals surface area contributed by atoms with E-state index in [9.17, 15) is 9.59 Å². The minimum Gasteiger partial charge on any atom is -0.478 e. The van der Waals surface area contributed by atoms with Crippen LogP contribution in [0.3, 0.4) is 0 Å². The third kappa shape index (κ3) is 4.08. The lowest BCUT2D eigenvalue weighted by Gasteiger charge is -2.36. The number of carboxylic acid groups (broad SMARTS) is 1. The van der Waals surface area contributed by atoms with Gasteiger partial charge in [-0.3, -0.25) is 4.79 Å². The smallest absolute Gasteiger partial charge is 0.335 e. The van der Waals surface area contributed by atoms with E-state index >= 15 is 0 Å². The molecule has 1 N–H and O–H groups in total. The van der Waals surface area contributed by atoms with Crippen LogP contribution in [-0.2, 0) is 4.74 Å². The molecule has 1 unspecified atom stereocenters. The zero-order valence-electron chi connectivity index (χ0n) is 12.7. The van der Waals surface area contributed by atoms with Gasteiger partial charge in [-0.25, -0.2) is 4.79 Å². The maximum atomic E-state index is 12.8. The van der Waals surface area contributed by atoms with Crippen molar-refractivity contribution in [3.05, 3.63) is 33.8 Å². The Bertz CT molecular complexity index is 573. The summed E-state index contributed by atoms with van der Waals surface area (Å²) in [6.07, 6.45) is 0.867. The molecule has 1 aliphatic heterocycles. The number of ether oxygens (including phenoxy) is 1. The van der Waals surface area contributed by atoms with E-state index < -0.39 is 5.97 Å². The SMILES string of the molecule is CC(C)CC1COCCN1C(=O)c1cc(Br)cc(C(=O)O)c1. The average molecular weight is 370 g/mol. The molecule has 0 aliphatic carbocycles. The van der Waals surface area contributed by atoms with Crippen molar-refractivity contribution in [2.75, 3.05) is 19.8 Å². The first-order valence-corrected chi connectivity index (χ1v) is 8.10. The van der Waals surface area contributed by atoms with Crippen molar-refractivity contribution in [2.45, 2.75) is 26.3 Å². The van der Waals surface area contributed by atoms with Crippen LogP contribution in [0.15, 0.2) is 22.7 Å². The molecule has 1 fully saturated rings. The Morgan fingerprint density at radius 3 is 2.68 bits per heavy atom. The Morgan fingerprint density at radius 2 is 2.05 bits per heavy atom. The molecule has 2 rings (SSSR count). The molecule has 1 aliphatic rings. The summed E-state index contributed by atoms with van der Waals surface area (Å²) >= 11 is 3.27. The first kappa shape index (κ1) is 17.0. The van der Waals surface area contributed by atoms with Gasteiger partial charge in [0.05, 0.1) is 24.8 Å². The molecule has 1 aromatic carbocycles. The predicted octanol–water partition coefficient (Wildman–Crippen LogP) is 3.03. The number of carbonyl (C=O) groups excluding carboxylic acids is 1. The number of carbonyl (C=O) groups is 2. The summed E-state index contributed by atoms with van der Waals surface area (Å²) in [5.41, 5.74) is 0.494. The third-order valence-corrected chi connectivity index (χ3v) is 4.08. The van der Waals surface area contributed by atoms with Crippen LogP contribution in [0.1, 0.15) is 41.0 Å². The average Bonchev–Trinajstić information content (AvgIpc) is 2.45. The quantitative estimate of drug-likeness (QED) is 0.885. The highest BCUT2D eigenvalue weighted by Crippen LogP contribution is 2.22. The topological polar surface area (TPSA) is 66.8 Å². The summed E-state index contributed by atoms with van der Waals surface area (Å²) in [7, 11) is 0. The van der Waals surface area contributed by atoms with E-state index in [1.807, 2.05) is 0 Å². The van der Waals surface area contributed by atoms with Gasteiger partial charge >= 0.3 is 5.97 Å². The summed E-state index contributed by atoms with van der Waals surface area (Å²) in [5.74, 6) is -0.729. The highest BCUT2D eigenvalue weighted by molar-refractivity contribution is 9.10. The zero-order chi connectivity index (χ0) is 16.3. The standard InChI is InChI=1S/C16H20BrNO4/c1-10(2)5-14-9-22-4-3-18(14)15(19)11-6-12(16(20)21)8-13(17)7-11/h6-8,10,14H,3-5,9H2,1-2H3,(H,20,21). The van der Waals surface area contributed by atoms with Gasteiger partial charge in [-0.15, -0.1) is 0 Å². The largest absolute Gasteiger partial charge is 0.478 e. The van der Waals surface area contributed by atoms with E-state index in [1.165, 1.54) is 12.1 Å². The molecule has 1 atom stereocenters. The summed E-state index contributed by atoms with van der Waals surface area (Å²) in [6, 6.07) is 4.62. The van der Waals surface area contributed by atoms with Crippen LogP contribution in [0.5, 0.6) is 0 Å². The number of amides is 1. The summed E-state index contributed by atoms with van der Waals surface area (Å²) in [4.78, 5) is 25.7. The number of carboxylic acids is 1. The molecular formula is C16H20BrNO4. The lowest BCUT2D eigenvalue weighted by Crippen LogP contribution is -2.49. The Labute approximate surface area is 138 Å². The highest BCUT2D eigenvalue weighted by Gasteiger charge is 2.29. The van der Waals surface area contributed by atoms with Crippen molar-refractivity contribution in [2.24, 2.45) is 5.92 Å². The minimum absolute atomic E-state index is 0.0357. The van der Waals surface area contributed by atoms with Gasteiger partial charge in [0.25, 0.3) is 5.91 Å². The lowest BCUT2D eigenvalue weighted by atomic mass is 10.0. The second kappa shape index (κ2) is 7.24. The number of benzene rings is 1. The predicted molar refractivity (Wildman–Crippen MR) is 86.2 cm³/mol. The Hall–Kier alpha value is -1.40. The maximum absolute atomic E-state index is 12.8. The van der Waals surface area contributed by atoms with Crippen molar-refractivity contribution in [1.82, 2.24) is 4.90 Å². The second-order valence-corrected chi connectivity index (χ2v) is 6.81. The van der Waals surface area contributed by atoms with Crippen LogP contribution in [0, 0.1) is 5.92 Å². The molecule has 22 heavy (non-hydrogen) atoms. The van der Waals surface area contributed by atoms with Gasteiger partial charge < -0.3 is 14.7 Å². The Morgan fingerprint density at radius 1 is 1.36 bits per heavy atom. The maximum Gasteiger partial charge on any atom is 0.335 e. The number of morpholine rings is 1. The van der Waals surface area contributed by atoms with E-state index in [-0.39, 0.29) is 17.5 Å². The van der Waals surface area contributed by atoms with E-state index in [4.69, 9.17) is 9.84 Å². The first-order chi connectivity index (χ1) is 10.4. The second-order valence-electron chi connectivity index (χ2n) is 5.89. The van der Waals surface area contributed by atoms with Gasteiger partial charge in [0.15, 0.2) is 0 Å². The van der Waals surface area contributed by atoms with Gasteiger partial charge in [-0.1, -0.05) is 29.8 Å². The number of hydrogen-bond acceptors (Lipinski definition) is 3. The van der Waals surface area contributed by atoms with Crippen LogP contribution in [0.2, 0.25) is 0 Å². The first-order valence-electron chi connectivity index (χ1n) is 7.31. The Balaban J connectivity index is 2.27. The van der Waals surface area contributed by atoms with Crippen molar-refractivity contribution >= 4 is 27.8 Å². The van der Waals surface area contributed by atoms with Crippen molar-refractivity contribution in [1.29, 1.82) is 0 Å². The van der Waals surface area contributed by atoms with Crippen LogP contribution < -0.4 is 0 Å². The van der Waals surface area contributed by atoms with Crippen LogP contribution in [-0.4, -0.2) is 47.7 Å². The van der Waals surface area contributed by atoms with E-state index in [0.717, 1.165) is 6.42 Å². The fourth-order valence-electron chi connectivity index (χ4n) is 2.66. The lowest BCUT2D eigenvalue weighted by molar-refractivity contribution is -0.00747. The van der Waals surface area contributed by atoms with Gasteiger partial charge in [0, 0.05) is 16.6 Å². The molecule has 1 amide bonds. The molecule has 1 saturated heterocycles. The number of nitrogens with zero attached hydrogens (tertiary/aromatic N) is 1. The van der Waals surface area contributed by atoms with Gasteiger partial charge in [0.1, 0.15) is 0 Å². The van der Waals surface area contributed by atoms with Crippen LogP contribution in [0.25, 0.3) is 0 Å². The molecule has 0 saturated carbocycles. The van der Waals surface area contributed by atoms with Crippen LogP contribution >= 0.6 is 15.9 Å². The van der Waals surface area contributed by atoms with Crippen molar-refractivity contribution in [3.63, 3.8) is 0 Å². The summed E-state index contributed by atoms with van der Waals surface area (Å²) < 4.78 is 6.08. The fraction of sp³-hybridized carbons (Fsp3) is 0.500. The molecular weight excluding hydrogens is 350 g/mol. The number of halogens is 1. The number of rotatable bonds is 4. The molecule has 0 aromatic heterocycles. The van der Waals surface area contributed by atoms with Crippen molar-refractivity contribution in [3.8, 4) is 0 Å². The zero-order valence-corrected chi connectivity index (χ0v) is 14.3. The fourth-order valence-corrected chi connectivity index (χ4v) is 3.16. The molecule has 6 heteroatoms. The summed E-state index contributed by atoms with van der Waals surface area (Å²) in [5, 5.41) is 9.13. The highest BCUT2D eigenvalue weighted by atomic mass is 79.9. The Kier molecular flexibility index (Phi) is 5.58. The summed E-state index contributed by atoms with van der Waals surface area (Å²) in [6.45, 7) is 5.80. The molecule has 120 valence electrons. The van der Waals surface area contributed by atoms with E-state index in [1.54, 1.807) is 11.0 Å². The number of hydrogen-bond donors (Lipinski definition) is 1. The molecule has 5 nitrogen and oxygen atoms in total. The third-order valence-electron chi connectivity index (χ3n) is 3.62. The van der Waals surface area contributed by atoms with Gasteiger partial charge in [-0.2, -0.15) is 0 Å². The molecule has 1 heterocycles. The normalized spacial score (nSPS) is 18.5. The molecule has 1 aromatic rings. The van der Waals surface area contributed by atoms with Crippen LogP contribution in [0.4, 0.5) is 0 Å². The molecule has 0 radical (unpaired) electrons.